The van der Waals surface area contributed by atoms with Gasteiger partial charge in [0, 0.05) is 85.3 Å². The fourth-order valence-corrected chi connectivity index (χ4v) is 12.1. The summed E-state index contributed by atoms with van der Waals surface area (Å²) in [5, 5.41) is 6.92. The normalized spacial score (nSPS) is 19.7. The van der Waals surface area contributed by atoms with E-state index in [4.69, 9.17) is 0 Å². The minimum atomic E-state index is 0.328. The van der Waals surface area contributed by atoms with Crippen molar-refractivity contribution in [2.75, 3.05) is 14.7 Å². The largest absolute Gasteiger partial charge is 0.338 e. The van der Waals surface area contributed by atoms with Gasteiger partial charge in [-0.1, -0.05) is 114 Å². The van der Waals surface area contributed by atoms with Gasteiger partial charge in [0.1, 0.15) is 0 Å². The van der Waals surface area contributed by atoms with Gasteiger partial charge in [0.05, 0.1) is 17.1 Å². The van der Waals surface area contributed by atoms with Crippen LogP contribution in [-0.4, -0.2) is 16.5 Å². The van der Waals surface area contributed by atoms with Crippen LogP contribution in [-0.2, 0) is 6.54 Å². The van der Waals surface area contributed by atoms with E-state index in [1.807, 2.05) is 0 Å². The zero-order chi connectivity index (χ0) is 40.3. The first-order valence-electron chi connectivity index (χ1n) is 22.3. The molecule has 296 valence electrons. The molecule has 1 fully saturated rings. The van der Waals surface area contributed by atoms with Gasteiger partial charge in [0.2, 0.25) is 0 Å². The van der Waals surface area contributed by atoms with Crippen LogP contribution >= 0.6 is 0 Å². The van der Waals surface area contributed by atoms with Gasteiger partial charge in [-0.15, -0.1) is 0 Å². The van der Waals surface area contributed by atoms with Crippen molar-refractivity contribution < 1.29 is 0 Å². The minimum absolute atomic E-state index is 0.328. The second-order valence-corrected chi connectivity index (χ2v) is 18.0. The molecule has 7 aromatic carbocycles. The fourth-order valence-electron chi connectivity index (χ4n) is 12.1. The Balaban J connectivity index is 0.979. The molecule has 2 aliphatic heterocycles. The van der Waals surface area contributed by atoms with Gasteiger partial charge in [-0.3, -0.25) is 0 Å². The van der Waals surface area contributed by atoms with Gasteiger partial charge >= 0.3 is 0 Å². The highest BCUT2D eigenvalue weighted by Gasteiger charge is 2.56. The molecule has 0 saturated heterocycles. The Morgan fingerprint density at radius 1 is 0.574 bits per heavy atom. The van der Waals surface area contributed by atoms with Crippen LogP contribution in [0, 0.1) is 13.8 Å². The molecular weight excluding hydrogens is 741 g/mol. The van der Waals surface area contributed by atoms with Crippen LogP contribution in [0.3, 0.4) is 0 Å². The number of nitrogens with zero attached hydrogens (tertiary/aromatic N) is 4. The van der Waals surface area contributed by atoms with E-state index in [2.05, 4.69) is 203 Å². The van der Waals surface area contributed by atoms with Crippen LogP contribution < -0.4 is 25.3 Å². The monoisotopic (exact) mass is 788 g/mol. The molecule has 4 unspecified atom stereocenters. The van der Waals surface area contributed by atoms with Gasteiger partial charge in [0.15, 0.2) is 0 Å². The lowest BCUT2D eigenvalue weighted by molar-refractivity contribution is 0.326. The average molecular weight is 789 g/mol. The predicted octanol–water partition coefficient (Wildman–Crippen LogP) is 12.7. The summed E-state index contributed by atoms with van der Waals surface area (Å²) in [5.74, 6) is 0.818. The van der Waals surface area contributed by atoms with Crippen molar-refractivity contribution in [2.45, 2.75) is 70.0 Å². The van der Waals surface area contributed by atoms with E-state index in [0.29, 0.717) is 23.9 Å². The first-order chi connectivity index (χ1) is 30.1. The summed E-state index contributed by atoms with van der Waals surface area (Å²) in [7, 11) is 0. The lowest BCUT2D eigenvalue weighted by atomic mass is 9.71. The van der Waals surface area contributed by atoms with Crippen LogP contribution in [0.15, 0.2) is 158 Å². The van der Waals surface area contributed by atoms with Crippen molar-refractivity contribution in [1.82, 2.24) is 4.40 Å². The van der Waals surface area contributed by atoms with Crippen LogP contribution in [0.4, 0.5) is 34.1 Å². The molecule has 0 bridgehead atoms. The third-order valence-corrected chi connectivity index (χ3v) is 14.7. The summed E-state index contributed by atoms with van der Waals surface area (Å²) in [6, 6.07) is 60.4. The first-order valence-corrected chi connectivity index (χ1v) is 22.3. The molecule has 4 heterocycles. The standard InChI is InChI=1S/C57H48N4/c1-36-21-26-40(27-22-36)58(39-13-5-3-6-14-39)35-38-25-30-43-47-33-53-48(34-52(47)60-49-19-11-9-17-45(49)54(38)56(43)60)44-31-32-51(55-46-18-10-12-20-50(46)61(53)57(44)55)59(41-15-7-4-8-16-41)42-28-23-37(2)24-29-42/h3-8,10,12-30,33-34,44,51,55,57H,9,11,31-32,35H2,1-2H3. The summed E-state index contributed by atoms with van der Waals surface area (Å²) in [5.41, 5.74) is 17.5. The van der Waals surface area contributed by atoms with Crippen LogP contribution in [0.2, 0.25) is 0 Å². The number of aromatic nitrogens is 1. The molecule has 13 rings (SSSR count). The number of para-hydroxylation sites is 3. The van der Waals surface area contributed by atoms with Crippen molar-refractivity contribution in [2.24, 2.45) is 0 Å². The second-order valence-electron chi connectivity index (χ2n) is 18.0. The lowest BCUT2D eigenvalue weighted by Gasteiger charge is -2.45. The van der Waals surface area contributed by atoms with Crippen molar-refractivity contribution >= 4 is 73.5 Å². The zero-order valence-electron chi connectivity index (χ0n) is 34.8. The van der Waals surface area contributed by atoms with Crippen molar-refractivity contribution in [3.63, 3.8) is 0 Å². The number of fused-ring (bicyclic) bond motifs is 12. The highest BCUT2D eigenvalue weighted by atomic mass is 15.3. The number of hydrogen-bond acceptors (Lipinski definition) is 3. The smallest absolute Gasteiger partial charge is 0.0623 e. The molecule has 0 spiro atoms. The number of hydrogen-bond donors (Lipinski definition) is 0. The van der Waals surface area contributed by atoms with Gasteiger partial charge in [-0.05, 0) is 123 Å². The molecule has 1 saturated carbocycles. The summed E-state index contributed by atoms with van der Waals surface area (Å²) in [6.45, 7) is 5.15. The molecule has 0 amide bonds. The topological polar surface area (TPSA) is 14.1 Å². The summed E-state index contributed by atoms with van der Waals surface area (Å²) in [6.07, 6.45) is 9.47. The number of aryl methyl sites for hydroxylation is 2. The summed E-state index contributed by atoms with van der Waals surface area (Å²) >= 11 is 0. The van der Waals surface area contributed by atoms with Gasteiger partial charge in [0.25, 0.3) is 0 Å². The Bertz CT molecular complexity index is 3280. The molecular formula is C57H48N4. The minimum Gasteiger partial charge on any atom is -0.338 e. The summed E-state index contributed by atoms with van der Waals surface area (Å²) in [4.78, 5) is 7.93. The van der Waals surface area contributed by atoms with Crippen molar-refractivity contribution in [3.8, 4) is 0 Å². The zero-order valence-corrected chi connectivity index (χ0v) is 34.8. The Morgan fingerprint density at radius 3 is 2.00 bits per heavy atom. The van der Waals surface area contributed by atoms with Gasteiger partial charge in [-0.25, -0.2) is 0 Å². The van der Waals surface area contributed by atoms with Crippen molar-refractivity contribution in [3.05, 3.63) is 196 Å². The Hall–Kier alpha value is -6.78. The third-order valence-electron chi connectivity index (χ3n) is 14.7. The molecule has 4 atom stereocenters. The number of benzene rings is 7. The van der Waals surface area contributed by atoms with Crippen LogP contribution in [0.1, 0.15) is 65.3 Å². The highest BCUT2D eigenvalue weighted by molar-refractivity contribution is 6.17. The maximum absolute atomic E-state index is 2.78. The average Bonchev–Trinajstić information content (AvgIpc) is 4.03. The molecule has 61 heavy (non-hydrogen) atoms. The maximum atomic E-state index is 2.78. The van der Waals surface area contributed by atoms with E-state index < -0.39 is 0 Å². The predicted molar refractivity (Wildman–Crippen MR) is 255 cm³/mol. The van der Waals surface area contributed by atoms with E-state index in [0.717, 1.165) is 32.2 Å². The molecule has 0 N–H and O–H groups in total. The lowest BCUT2D eigenvalue weighted by Crippen LogP contribution is -2.47. The van der Waals surface area contributed by atoms with Crippen LogP contribution in [0.25, 0.3) is 39.3 Å². The molecule has 4 aliphatic rings. The molecule has 2 aromatic heterocycles. The van der Waals surface area contributed by atoms with E-state index in [9.17, 15) is 0 Å². The molecule has 0 radical (unpaired) electrons. The molecule has 4 heteroatoms. The SMILES string of the molecule is Cc1ccc(N(Cc2ccc3c4cc5c(cc4n4c6c(c2c34)=CCCC=6)C2CCC(N(c3ccccc3)c3ccc(C)cc3)C3c4ccccc4N5C23)c2ccccc2)cc1. The second kappa shape index (κ2) is 13.4. The van der Waals surface area contributed by atoms with Gasteiger partial charge < -0.3 is 19.1 Å². The molecule has 2 aliphatic carbocycles. The molecule has 9 aromatic rings. The molecule has 4 nitrogen and oxygen atoms in total. The quantitative estimate of drug-likeness (QED) is 0.160. The van der Waals surface area contributed by atoms with Crippen molar-refractivity contribution in [1.29, 1.82) is 0 Å². The third kappa shape index (κ3) is 5.11. The van der Waals surface area contributed by atoms with E-state index in [-0.39, 0.29) is 0 Å². The first kappa shape index (κ1) is 35.0. The Kier molecular flexibility index (Phi) is 7.67. The number of anilines is 6. The highest BCUT2D eigenvalue weighted by Crippen LogP contribution is 2.63. The van der Waals surface area contributed by atoms with Gasteiger partial charge in [-0.2, -0.15) is 0 Å². The number of rotatable bonds is 7. The summed E-state index contributed by atoms with van der Waals surface area (Å²) < 4.78 is 2.66. The maximum Gasteiger partial charge on any atom is 0.0623 e. The van der Waals surface area contributed by atoms with E-state index in [1.165, 1.54) is 99.7 Å². The van der Waals surface area contributed by atoms with E-state index >= 15 is 0 Å². The Morgan fingerprint density at radius 2 is 1.23 bits per heavy atom. The fraction of sp³-hybridized carbons (Fsp3) is 0.193. The van der Waals surface area contributed by atoms with Crippen LogP contribution in [0.5, 0.6) is 0 Å². The Labute approximate surface area is 357 Å². The van der Waals surface area contributed by atoms with E-state index in [1.54, 1.807) is 0 Å².